The molecule has 1 N–H and O–H groups in total. The maximum Gasteiger partial charge on any atom is 0.239 e. The minimum Gasteiger partial charge on any atom is -0.339 e. The molecule has 0 aliphatic carbocycles. The first kappa shape index (κ1) is 9.52. The number of carbonyl (C=O) groups excluding carboxylic acids is 1. The lowest BCUT2D eigenvalue weighted by atomic mass is 10.2. The quantitative estimate of drug-likeness (QED) is 0.625. The van der Waals surface area contributed by atoms with E-state index in [9.17, 15) is 4.79 Å². The Kier molecular flexibility index (Phi) is 3.09. The Bertz CT molecular complexity index is 168. The molecule has 12 heavy (non-hydrogen) atoms. The summed E-state index contributed by atoms with van der Waals surface area (Å²) >= 11 is 0. The average molecular weight is 170 g/mol. The van der Waals surface area contributed by atoms with E-state index in [0.717, 1.165) is 19.5 Å². The fourth-order valence-electron chi connectivity index (χ4n) is 1.53. The smallest absolute Gasteiger partial charge is 0.239 e. The highest BCUT2D eigenvalue weighted by Gasteiger charge is 2.24. The van der Waals surface area contributed by atoms with E-state index in [0.29, 0.717) is 6.04 Å². The van der Waals surface area contributed by atoms with E-state index in [-0.39, 0.29) is 11.9 Å². The maximum absolute atomic E-state index is 11.7. The van der Waals surface area contributed by atoms with Gasteiger partial charge in [0.2, 0.25) is 5.91 Å². The first-order chi connectivity index (χ1) is 5.63. The van der Waals surface area contributed by atoms with Gasteiger partial charge in [0.05, 0.1) is 6.04 Å². The van der Waals surface area contributed by atoms with E-state index < -0.39 is 0 Å². The fraction of sp³-hybridized carbons (Fsp3) is 0.889. The molecule has 0 saturated carbocycles. The van der Waals surface area contributed by atoms with Gasteiger partial charge in [-0.2, -0.15) is 0 Å². The Labute approximate surface area is 74.1 Å². The number of carbonyl (C=O) groups is 1. The van der Waals surface area contributed by atoms with Crippen molar-refractivity contribution in [2.45, 2.75) is 39.3 Å². The van der Waals surface area contributed by atoms with Crippen molar-refractivity contribution in [1.29, 1.82) is 0 Å². The second-order valence-corrected chi connectivity index (χ2v) is 3.65. The van der Waals surface area contributed by atoms with Crippen LogP contribution in [0.4, 0.5) is 0 Å². The van der Waals surface area contributed by atoms with Gasteiger partial charge in [0.1, 0.15) is 0 Å². The molecular weight excluding hydrogens is 152 g/mol. The first-order valence-electron chi connectivity index (χ1n) is 4.67. The standard InChI is InChI=1S/C9H18N2O/c1-7(2)11-6-4-5-10-8(3)9(11)12/h7-8,10H,4-6H2,1-3H3. The molecule has 1 saturated heterocycles. The van der Waals surface area contributed by atoms with Crippen molar-refractivity contribution >= 4 is 5.91 Å². The van der Waals surface area contributed by atoms with Crippen LogP contribution in [0.5, 0.6) is 0 Å². The predicted octanol–water partition coefficient (Wildman–Crippen LogP) is 0.605. The Morgan fingerprint density at radius 2 is 2.25 bits per heavy atom. The molecule has 0 bridgehead atoms. The lowest BCUT2D eigenvalue weighted by Crippen LogP contribution is -2.44. The average Bonchev–Trinajstić information content (AvgIpc) is 2.15. The number of hydrogen-bond acceptors (Lipinski definition) is 2. The molecule has 0 spiro atoms. The molecule has 70 valence electrons. The largest absolute Gasteiger partial charge is 0.339 e. The van der Waals surface area contributed by atoms with E-state index in [1.54, 1.807) is 0 Å². The third-order valence-corrected chi connectivity index (χ3v) is 2.30. The van der Waals surface area contributed by atoms with Gasteiger partial charge in [-0.3, -0.25) is 4.79 Å². The van der Waals surface area contributed by atoms with Gasteiger partial charge in [0.15, 0.2) is 0 Å². The molecule has 1 amide bonds. The van der Waals surface area contributed by atoms with Gasteiger partial charge < -0.3 is 10.2 Å². The van der Waals surface area contributed by atoms with E-state index in [1.165, 1.54) is 0 Å². The molecule has 1 unspecified atom stereocenters. The fourth-order valence-corrected chi connectivity index (χ4v) is 1.53. The molecule has 3 nitrogen and oxygen atoms in total. The molecule has 1 atom stereocenters. The number of nitrogens with zero attached hydrogens (tertiary/aromatic N) is 1. The molecule has 1 aliphatic heterocycles. The monoisotopic (exact) mass is 170 g/mol. The van der Waals surface area contributed by atoms with Crippen LogP contribution >= 0.6 is 0 Å². The first-order valence-corrected chi connectivity index (χ1v) is 4.67. The van der Waals surface area contributed by atoms with Crippen molar-refractivity contribution in [2.75, 3.05) is 13.1 Å². The topological polar surface area (TPSA) is 32.3 Å². The van der Waals surface area contributed by atoms with Crippen LogP contribution in [0.15, 0.2) is 0 Å². The predicted molar refractivity (Wildman–Crippen MR) is 48.9 cm³/mol. The third kappa shape index (κ3) is 1.97. The molecule has 0 aromatic heterocycles. The Hall–Kier alpha value is -0.570. The van der Waals surface area contributed by atoms with E-state index >= 15 is 0 Å². The minimum atomic E-state index is -0.00472. The highest BCUT2D eigenvalue weighted by atomic mass is 16.2. The van der Waals surface area contributed by atoms with Gasteiger partial charge in [-0.05, 0) is 33.7 Å². The molecule has 0 aromatic carbocycles. The van der Waals surface area contributed by atoms with Crippen molar-refractivity contribution < 1.29 is 4.79 Å². The van der Waals surface area contributed by atoms with Crippen LogP contribution in [0.1, 0.15) is 27.2 Å². The molecule has 0 aromatic rings. The molecule has 3 heteroatoms. The van der Waals surface area contributed by atoms with Gasteiger partial charge in [-0.15, -0.1) is 0 Å². The van der Waals surface area contributed by atoms with Crippen LogP contribution in [0.3, 0.4) is 0 Å². The lowest BCUT2D eigenvalue weighted by Gasteiger charge is -2.26. The maximum atomic E-state index is 11.7. The van der Waals surface area contributed by atoms with Crippen LogP contribution in [-0.2, 0) is 4.79 Å². The Morgan fingerprint density at radius 1 is 1.58 bits per heavy atom. The molecule has 0 radical (unpaired) electrons. The summed E-state index contributed by atoms with van der Waals surface area (Å²) in [7, 11) is 0. The van der Waals surface area contributed by atoms with Crippen molar-refractivity contribution in [3.05, 3.63) is 0 Å². The van der Waals surface area contributed by atoms with E-state index in [1.807, 2.05) is 11.8 Å². The number of rotatable bonds is 1. The number of hydrogen-bond donors (Lipinski definition) is 1. The normalized spacial score (nSPS) is 26.2. The zero-order chi connectivity index (χ0) is 9.14. The summed E-state index contributed by atoms with van der Waals surface area (Å²) in [6, 6.07) is 0.328. The van der Waals surface area contributed by atoms with Gasteiger partial charge in [-0.1, -0.05) is 0 Å². The highest BCUT2D eigenvalue weighted by molar-refractivity contribution is 5.81. The zero-order valence-electron chi connectivity index (χ0n) is 8.13. The summed E-state index contributed by atoms with van der Waals surface area (Å²) in [5.41, 5.74) is 0. The van der Waals surface area contributed by atoms with Crippen molar-refractivity contribution in [3.8, 4) is 0 Å². The molecule has 1 aliphatic rings. The summed E-state index contributed by atoms with van der Waals surface area (Å²) < 4.78 is 0. The lowest BCUT2D eigenvalue weighted by molar-refractivity contribution is -0.133. The van der Waals surface area contributed by atoms with Gasteiger partial charge >= 0.3 is 0 Å². The number of amides is 1. The van der Waals surface area contributed by atoms with Gasteiger partial charge in [-0.25, -0.2) is 0 Å². The number of nitrogens with one attached hydrogen (secondary N) is 1. The van der Waals surface area contributed by atoms with Crippen LogP contribution in [0.25, 0.3) is 0 Å². The van der Waals surface area contributed by atoms with Gasteiger partial charge in [0, 0.05) is 12.6 Å². The molecule has 1 rings (SSSR count). The Morgan fingerprint density at radius 3 is 2.83 bits per heavy atom. The summed E-state index contributed by atoms with van der Waals surface area (Å²) in [5, 5.41) is 3.19. The minimum absolute atomic E-state index is 0.00472. The van der Waals surface area contributed by atoms with Crippen LogP contribution < -0.4 is 5.32 Å². The second-order valence-electron chi connectivity index (χ2n) is 3.65. The molecular formula is C9H18N2O. The summed E-state index contributed by atoms with van der Waals surface area (Å²) in [4.78, 5) is 13.6. The third-order valence-electron chi connectivity index (χ3n) is 2.30. The summed E-state index contributed by atoms with van der Waals surface area (Å²) in [6.45, 7) is 7.92. The highest BCUT2D eigenvalue weighted by Crippen LogP contribution is 2.06. The van der Waals surface area contributed by atoms with Crippen LogP contribution in [-0.4, -0.2) is 36.0 Å². The summed E-state index contributed by atoms with van der Waals surface area (Å²) in [6.07, 6.45) is 1.06. The SMILES string of the molecule is CC1NCCCN(C(C)C)C1=O. The van der Waals surface area contributed by atoms with Crippen molar-refractivity contribution in [2.24, 2.45) is 0 Å². The second kappa shape index (κ2) is 3.90. The van der Waals surface area contributed by atoms with Crippen molar-refractivity contribution in [1.82, 2.24) is 10.2 Å². The Balaban J connectivity index is 2.64. The molecule has 1 fully saturated rings. The van der Waals surface area contributed by atoms with E-state index in [2.05, 4.69) is 19.2 Å². The summed E-state index contributed by atoms with van der Waals surface area (Å²) in [5.74, 6) is 0.238. The van der Waals surface area contributed by atoms with Crippen LogP contribution in [0.2, 0.25) is 0 Å². The van der Waals surface area contributed by atoms with Crippen LogP contribution in [0, 0.1) is 0 Å². The van der Waals surface area contributed by atoms with Gasteiger partial charge in [0.25, 0.3) is 0 Å². The van der Waals surface area contributed by atoms with E-state index in [4.69, 9.17) is 0 Å². The van der Waals surface area contributed by atoms with Crippen molar-refractivity contribution in [3.63, 3.8) is 0 Å². The zero-order valence-corrected chi connectivity index (χ0v) is 8.13. The molecule has 1 heterocycles.